The summed E-state index contributed by atoms with van der Waals surface area (Å²) in [5.74, 6) is 4.35. The molecule has 0 aliphatic heterocycles. The van der Waals surface area contributed by atoms with Crippen LogP contribution in [0.15, 0.2) is 0 Å². The summed E-state index contributed by atoms with van der Waals surface area (Å²) in [5.41, 5.74) is 6.53. The Kier molecular flexibility index (Phi) is 9.86. The number of hydrogen-bond acceptors (Lipinski definition) is 6. The van der Waals surface area contributed by atoms with Crippen LogP contribution in [0.2, 0.25) is 0 Å². The number of nitrogens with two attached hydrogens (primary N) is 2. The molecule has 10 heteroatoms. The van der Waals surface area contributed by atoms with Crippen LogP contribution in [0.1, 0.15) is 0 Å². The molecule has 0 bridgehead atoms. The van der Waals surface area contributed by atoms with Gasteiger partial charge in [-0.05, 0) is 0 Å². The van der Waals surface area contributed by atoms with E-state index in [1.54, 1.807) is 0 Å². The molecule has 0 aromatic heterocycles. The molecule has 0 spiro atoms. The number of hydrazine groups is 1. The fourth-order valence-corrected chi connectivity index (χ4v) is 0.0836. The number of hydrogen-bond donors (Lipinski definition) is 4. The molecule has 0 radical (unpaired) electrons. The standard InChI is InChI=1S/CH6N4.Co.NO3.O/c2-1(3)5-4;;2-1(3)4;/h4H2,(H4,2,3,5);;;/q;+1;-1;. The summed E-state index contributed by atoms with van der Waals surface area (Å²) >= 11 is -0.901. The first kappa shape index (κ1) is 12.4. The third kappa shape index (κ3) is 28.4. The van der Waals surface area contributed by atoms with Gasteiger partial charge in [0, 0.05) is 0 Å². The van der Waals surface area contributed by atoms with Crippen LogP contribution in [-0.4, -0.2) is 11.0 Å². The predicted octanol–water partition coefficient (Wildman–Crippen LogP) is -2.12. The van der Waals surface area contributed by atoms with Crippen molar-refractivity contribution in [2.75, 3.05) is 0 Å². The van der Waals surface area contributed by atoms with Crippen molar-refractivity contribution in [2.45, 2.75) is 0 Å². The van der Waals surface area contributed by atoms with Crippen molar-refractivity contribution < 1.29 is 27.9 Å². The van der Waals surface area contributed by atoms with Crippen molar-refractivity contribution in [2.24, 2.45) is 11.6 Å². The molecule has 0 aromatic carbocycles. The van der Waals surface area contributed by atoms with Gasteiger partial charge in [-0.1, -0.05) is 0 Å². The molecular formula is CH6CoN5O4. The monoisotopic (exact) mass is 211 g/mol. The van der Waals surface area contributed by atoms with Crippen LogP contribution in [0.4, 0.5) is 0 Å². The third-order valence-electron chi connectivity index (χ3n) is 0.230. The van der Waals surface area contributed by atoms with Crippen molar-refractivity contribution in [1.29, 1.82) is 5.41 Å². The Morgan fingerprint density at radius 2 is 2.18 bits per heavy atom. The first-order valence-electron chi connectivity index (χ1n) is 1.90. The maximum absolute atomic E-state index is 9.05. The predicted molar refractivity (Wildman–Crippen MR) is 28.0 cm³/mol. The normalized spacial score (nSPS) is 7.36. The van der Waals surface area contributed by atoms with Gasteiger partial charge in [-0.2, -0.15) is 0 Å². The van der Waals surface area contributed by atoms with Crippen LogP contribution in [-0.2, 0) is 22.8 Å². The zero-order valence-corrected chi connectivity index (χ0v) is 6.11. The molecular weight excluding hydrogens is 205 g/mol. The molecule has 0 rings (SSSR count). The molecule has 11 heavy (non-hydrogen) atoms. The molecule has 0 saturated heterocycles. The van der Waals surface area contributed by atoms with Crippen LogP contribution >= 0.6 is 0 Å². The summed E-state index contributed by atoms with van der Waals surface area (Å²) in [6.07, 6.45) is 0. The van der Waals surface area contributed by atoms with Crippen LogP contribution in [0.5, 0.6) is 0 Å². The Balaban J connectivity index is 0. The molecule has 0 aliphatic carbocycles. The molecule has 0 aliphatic rings. The maximum atomic E-state index is 9.05. The van der Waals surface area contributed by atoms with Crippen molar-refractivity contribution in [3.05, 3.63) is 10.1 Å². The van der Waals surface area contributed by atoms with Gasteiger partial charge in [0.25, 0.3) is 0 Å². The first-order valence-corrected chi connectivity index (χ1v) is 2.75. The number of nitrogens with zero attached hydrogens (tertiary/aromatic N) is 1. The van der Waals surface area contributed by atoms with Gasteiger partial charge in [0.15, 0.2) is 5.96 Å². The molecule has 0 unspecified atom stereocenters. The average molecular weight is 211 g/mol. The third-order valence-corrected chi connectivity index (χ3v) is 0.463. The van der Waals surface area contributed by atoms with Gasteiger partial charge < -0.3 is 5.73 Å². The average Bonchev–Trinajstić information content (AvgIpc) is 1.89. The Morgan fingerprint density at radius 1 is 1.82 bits per heavy atom. The second-order valence-electron chi connectivity index (χ2n) is 0.898. The van der Waals surface area contributed by atoms with Crippen LogP contribution in [0, 0.1) is 15.5 Å². The summed E-state index contributed by atoms with van der Waals surface area (Å²) in [6.45, 7) is 0. The number of rotatable bonds is 2. The van der Waals surface area contributed by atoms with E-state index in [4.69, 9.17) is 19.4 Å². The zero-order chi connectivity index (χ0) is 9.28. The molecule has 9 nitrogen and oxygen atoms in total. The van der Waals surface area contributed by atoms with E-state index in [9.17, 15) is 0 Å². The summed E-state index contributed by atoms with van der Waals surface area (Å²) < 4.78 is 12.2. The van der Waals surface area contributed by atoms with Gasteiger partial charge in [-0.25, -0.2) is 5.84 Å². The van der Waals surface area contributed by atoms with Crippen molar-refractivity contribution in [1.82, 2.24) is 5.43 Å². The number of nitrogens with one attached hydrogen (secondary N) is 2. The van der Waals surface area contributed by atoms with E-state index >= 15 is 0 Å². The fraction of sp³-hybridized carbons (Fsp3) is 0. The van der Waals surface area contributed by atoms with Crippen molar-refractivity contribution in [3.63, 3.8) is 0 Å². The second-order valence-corrected chi connectivity index (χ2v) is 1.26. The minimum atomic E-state index is -1.15. The Labute approximate surface area is 67.1 Å². The van der Waals surface area contributed by atoms with E-state index in [0.29, 0.717) is 0 Å². The van der Waals surface area contributed by atoms with Crippen molar-refractivity contribution >= 4 is 5.96 Å². The quantitative estimate of drug-likeness (QED) is 0.133. The molecule has 0 atom stereocenters. The van der Waals surface area contributed by atoms with E-state index in [1.165, 1.54) is 0 Å². The van der Waals surface area contributed by atoms with Crippen LogP contribution in [0.25, 0.3) is 0 Å². The summed E-state index contributed by atoms with van der Waals surface area (Å²) in [4.78, 5) is 8.97. The fourth-order valence-electron chi connectivity index (χ4n) is 0.0203. The van der Waals surface area contributed by atoms with Gasteiger partial charge in [0.05, 0.1) is 0 Å². The van der Waals surface area contributed by atoms with E-state index in [1.807, 2.05) is 5.43 Å². The summed E-state index contributed by atoms with van der Waals surface area (Å²) in [5, 5.41) is 14.1. The second kappa shape index (κ2) is 8.74. The first-order chi connectivity index (χ1) is 5.04. The molecule has 0 fully saturated rings. The van der Waals surface area contributed by atoms with Crippen LogP contribution in [0.3, 0.4) is 0 Å². The van der Waals surface area contributed by atoms with Gasteiger partial charge in [-0.3, -0.25) is 10.8 Å². The van der Waals surface area contributed by atoms with E-state index in [0.717, 1.165) is 0 Å². The molecule has 0 heterocycles. The Bertz CT molecular complexity index is 147. The van der Waals surface area contributed by atoms with Gasteiger partial charge in [0.1, 0.15) is 0 Å². The van der Waals surface area contributed by atoms with E-state index < -0.39 is 20.0 Å². The van der Waals surface area contributed by atoms with E-state index in [-0.39, 0.29) is 5.96 Å². The Morgan fingerprint density at radius 3 is 2.18 bits per heavy atom. The van der Waals surface area contributed by atoms with Crippen molar-refractivity contribution in [3.8, 4) is 0 Å². The zero-order valence-electron chi connectivity index (χ0n) is 5.07. The minimum absolute atomic E-state index is 0.218. The van der Waals surface area contributed by atoms with Gasteiger partial charge in [0.2, 0.25) is 0 Å². The molecule has 0 aromatic rings. The van der Waals surface area contributed by atoms with Gasteiger partial charge >= 0.3 is 38.0 Å². The molecule has 6 N–H and O–H groups in total. The molecule has 0 amide bonds. The number of guanidine groups is 1. The van der Waals surface area contributed by atoms with Crippen LogP contribution < -0.4 is 17.0 Å². The summed E-state index contributed by atoms with van der Waals surface area (Å²) in [7, 11) is 0. The van der Waals surface area contributed by atoms with E-state index in [2.05, 4.69) is 15.5 Å². The Hall–Kier alpha value is -1.26. The molecule has 68 valence electrons. The molecule has 0 saturated carbocycles. The topological polar surface area (TPSA) is 157 Å². The SMILES string of the molecule is N=C(N)NN.[O]=[Co][O][N+](=O)[O-]. The van der Waals surface area contributed by atoms with Gasteiger partial charge in [-0.15, -0.1) is 0 Å². The summed E-state index contributed by atoms with van der Waals surface area (Å²) in [6, 6.07) is 0.